The van der Waals surface area contributed by atoms with Crippen molar-refractivity contribution in [1.29, 1.82) is 0 Å². The van der Waals surface area contributed by atoms with E-state index in [4.69, 9.17) is 10.2 Å². The van der Waals surface area contributed by atoms with Crippen LogP contribution >= 0.6 is 7.60 Å². The van der Waals surface area contributed by atoms with Gasteiger partial charge in [-0.2, -0.15) is 4.67 Å². The minimum Gasteiger partial charge on any atom is -0.323 e. The lowest BCUT2D eigenvalue weighted by molar-refractivity contribution is -0.146. The van der Waals surface area contributed by atoms with E-state index in [-0.39, 0.29) is 6.16 Å². The van der Waals surface area contributed by atoms with E-state index in [1.807, 2.05) is 0 Å². The monoisotopic (exact) mass is 188 g/mol. The molecule has 1 atom stereocenters. The highest BCUT2D eigenvalue weighted by molar-refractivity contribution is 7.51. The van der Waals surface area contributed by atoms with Gasteiger partial charge in [0, 0.05) is 0 Å². The van der Waals surface area contributed by atoms with Gasteiger partial charge >= 0.3 is 7.60 Å². The van der Waals surface area contributed by atoms with Crippen LogP contribution in [0.2, 0.25) is 0 Å². The Hall–Kier alpha value is -0.670. The summed E-state index contributed by atoms with van der Waals surface area (Å²) in [4.78, 5) is 8.86. The van der Waals surface area contributed by atoms with Gasteiger partial charge in [0.2, 0.25) is 0 Å². The molecule has 0 fully saturated rings. The van der Waals surface area contributed by atoms with Crippen molar-refractivity contribution in [2.45, 2.75) is 6.16 Å². The van der Waals surface area contributed by atoms with Gasteiger partial charge in [0.15, 0.2) is 0 Å². The standard InChI is InChI=1S/C7H9O4P/c8-11-12(9,10)6-7-4-2-1-3-5-7/h1-5,8H,6H2,(H,9,10). The second kappa shape index (κ2) is 3.83. The summed E-state index contributed by atoms with van der Waals surface area (Å²) < 4.78 is 14.3. The van der Waals surface area contributed by atoms with Gasteiger partial charge in [-0.25, -0.2) is 5.26 Å². The molecule has 0 amide bonds. The Balaban J connectivity index is 2.71. The van der Waals surface area contributed by atoms with Crippen LogP contribution in [-0.4, -0.2) is 10.2 Å². The Bertz CT molecular complexity index is 285. The molecule has 4 nitrogen and oxygen atoms in total. The Morgan fingerprint density at radius 1 is 1.33 bits per heavy atom. The van der Waals surface area contributed by atoms with Crippen molar-refractivity contribution in [2.75, 3.05) is 0 Å². The Morgan fingerprint density at radius 3 is 2.42 bits per heavy atom. The summed E-state index contributed by atoms with van der Waals surface area (Å²) in [7, 11) is -3.84. The lowest BCUT2D eigenvalue weighted by atomic mass is 10.2. The quantitative estimate of drug-likeness (QED) is 0.431. The van der Waals surface area contributed by atoms with E-state index in [0.29, 0.717) is 5.56 Å². The van der Waals surface area contributed by atoms with Gasteiger partial charge in [0.05, 0.1) is 6.16 Å². The van der Waals surface area contributed by atoms with Gasteiger partial charge < -0.3 is 4.89 Å². The molecular formula is C7H9O4P. The molecule has 0 radical (unpaired) electrons. The third-order valence-electron chi connectivity index (χ3n) is 1.35. The molecule has 2 N–H and O–H groups in total. The molecular weight excluding hydrogens is 179 g/mol. The van der Waals surface area contributed by atoms with Crippen LogP contribution in [0.3, 0.4) is 0 Å². The van der Waals surface area contributed by atoms with E-state index in [0.717, 1.165) is 0 Å². The normalized spacial score (nSPS) is 15.5. The highest BCUT2D eigenvalue weighted by Crippen LogP contribution is 2.44. The number of benzene rings is 1. The molecule has 12 heavy (non-hydrogen) atoms. The first-order valence-electron chi connectivity index (χ1n) is 3.33. The zero-order valence-corrected chi connectivity index (χ0v) is 7.15. The smallest absolute Gasteiger partial charge is 0.323 e. The van der Waals surface area contributed by atoms with Crippen LogP contribution in [0.25, 0.3) is 0 Å². The number of hydrogen-bond donors (Lipinski definition) is 2. The maximum atomic E-state index is 10.8. The lowest BCUT2D eigenvalue weighted by Crippen LogP contribution is -1.89. The summed E-state index contributed by atoms with van der Waals surface area (Å²) >= 11 is 0. The predicted molar refractivity (Wildman–Crippen MR) is 43.7 cm³/mol. The topological polar surface area (TPSA) is 66.8 Å². The fraction of sp³-hybridized carbons (Fsp3) is 0.143. The van der Waals surface area contributed by atoms with Crippen LogP contribution in [0.4, 0.5) is 0 Å². The predicted octanol–water partition coefficient (Wildman–Crippen LogP) is 1.86. The third-order valence-corrected chi connectivity index (χ3v) is 2.37. The second-order valence-electron chi connectivity index (χ2n) is 2.36. The first kappa shape index (κ1) is 9.42. The Labute approximate surface area is 69.9 Å². The van der Waals surface area contributed by atoms with Gasteiger partial charge in [-0.1, -0.05) is 30.3 Å². The fourth-order valence-corrected chi connectivity index (χ4v) is 1.57. The maximum Gasteiger partial charge on any atom is 0.359 e. The van der Waals surface area contributed by atoms with Crippen LogP contribution < -0.4 is 0 Å². The molecule has 1 aromatic rings. The average Bonchev–Trinajstić information content (AvgIpc) is 2.06. The highest BCUT2D eigenvalue weighted by Gasteiger charge is 2.19. The van der Waals surface area contributed by atoms with Crippen molar-refractivity contribution in [3.05, 3.63) is 35.9 Å². The van der Waals surface area contributed by atoms with Crippen molar-refractivity contribution in [3.8, 4) is 0 Å². The fourth-order valence-electron chi connectivity index (χ4n) is 0.843. The largest absolute Gasteiger partial charge is 0.359 e. The summed E-state index contributed by atoms with van der Waals surface area (Å²) in [5, 5.41) is 8.04. The summed E-state index contributed by atoms with van der Waals surface area (Å²) in [6, 6.07) is 8.65. The number of hydrogen-bond acceptors (Lipinski definition) is 3. The molecule has 0 aliphatic heterocycles. The Morgan fingerprint density at radius 2 is 1.92 bits per heavy atom. The summed E-state index contributed by atoms with van der Waals surface area (Å²) in [6.07, 6.45) is -0.176. The van der Waals surface area contributed by atoms with Crippen LogP contribution in [0.15, 0.2) is 30.3 Å². The summed E-state index contributed by atoms with van der Waals surface area (Å²) in [6.45, 7) is 0. The molecule has 66 valence electrons. The van der Waals surface area contributed by atoms with E-state index in [9.17, 15) is 4.57 Å². The molecule has 1 rings (SSSR count). The molecule has 0 saturated heterocycles. The van der Waals surface area contributed by atoms with Gasteiger partial charge in [-0.3, -0.25) is 4.57 Å². The molecule has 0 saturated carbocycles. The summed E-state index contributed by atoms with van der Waals surface area (Å²) in [5.41, 5.74) is 0.650. The SMILES string of the molecule is O=P(O)(Cc1ccccc1)OO. The molecule has 5 heteroatoms. The molecule has 0 aliphatic carbocycles. The molecule has 0 aliphatic rings. The average molecular weight is 188 g/mol. The van der Waals surface area contributed by atoms with E-state index in [1.54, 1.807) is 30.3 Å². The van der Waals surface area contributed by atoms with Gasteiger partial charge in [0.25, 0.3) is 0 Å². The molecule has 0 spiro atoms. The van der Waals surface area contributed by atoms with Crippen LogP contribution in [-0.2, 0) is 15.4 Å². The zero-order valence-electron chi connectivity index (χ0n) is 6.25. The molecule has 0 heterocycles. The third kappa shape index (κ3) is 2.75. The maximum absolute atomic E-state index is 10.8. The second-order valence-corrected chi connectivity index (χ2v) is 4.12. The highest BCUT2D eigenvalue weighted by atomic mass is 31.2. The van der Waals surface area contributed by atoms with Crippen molar-refractivity contribution in [3.63, 3.8) is 0 Å². The molecule has 1 unspecified atom stereocenters. The van der Waals surface area contributed by atoms with Crippen LogP contribution in [0, 0.1) is 0 Å². The van der Waals surface area contributed by atoms with Crippen molar-refractivity contribution >= 4 is 7.60 Å². The number of rotatable bonds is 3. The van der Waals surface area contributed by atoms with E-state index in [2.05, 4.69) is 4.67 Å². The van der Waals surface area contributed by atoms with Gasteiger partial charge in [-0.15, -0.1) is 0 Å². The zero-order chi connectivity index (χ0) is 9.03. The Kier molecular flexibility index (Phi) is 3.00. The van der Waals surface area contributed by atoms with E-state index < -0.39 is 7.60 Å². The molecule has 1 aromatic carbocycles. The molecule has 0 aromatic heterocycles. The minimum atomic E-state index is -3.84. The first-order chi connectivity index (χ1) is 5.64. The first-order valence-corrected chi connectivity index (χ1v) is 5.09. The van der Waals surface area contributed by atoms with Crippen molar-refractivity contribution < 1.29 is 19.4 Å². The van der Waals surface area contributed by atoms with E-state index in [1.165, 1.54) is 0 Å². The summed E-state index contributed by atoms with van der Waals surface area (Å²) in [5.74, 6) is 0. The van der Waals surface area contributed by atoms with Crippen molar-refractivity contribution in [1.82, 2.24) is 0 Å². The van der Waals surface area contributed by atoms with Gasteiger partial charge in [-0.05, 0) is 5.56 Å². The minimum absolute atomic E-state index is 0.176. The van der Waals surface area contributed by atoms with Crippen LogP contribution in [0.1, 0.15) is 5.56 Å². The molecule has 0 bridgehead atoms. The van der Waals surface area contributed by atoms with Crippen molar-refractivity contribution in [2.24, 2.45) is 0 Å². The van der Waals surface area contributed by atoms with Crippen LogP contribution in [0.5, 0.6) is 0 Å². The van der Waals surface area contributed by atoms with Gasteiger partial charge in [0.1, 0.15) is 0 Å². The van der Waals surface area contributed by atoms with E-state index >= 15 is 0 Å². The lowest BCUT2D eigenvalue weighted by Gasteiger charge is -2.05.